The van der Waals surface area contributed by atoms with Crippen LogP contribution in [0, 0.1) is 13.8 Å². The summed E-state index contributed by atoms with van der Waals surface area (Å²) in [6, 6.07) is -0.00136. The summed E-state index contributed by atoms with van der Waals surface area (Å²) in [6.07, 6.45) is 3.48. The van der Waals surface area contributed by atoms with Gasteiger partial charge in [-0.3, -0.25) is 14.6 Å². The molecular weight excluding hydrogens is 316 g/mol. The van der Waals surface area contributed by atoms with Crippen molar-refractivity contribution in [3.63, 3.8) is 0 Å². The molecule has 1 fully saturated rings. The zero-order valence-electron chi connectivity index (χ0n) is 15.8. The van der Waals surface area contributed by atoms with Crippen LogP contribution in [0.15, 0.2) is 0 Å². The van der Waals surface area contributed by atoms with E-state index in [-0.39, 0.29) is 17.9 Å². The second-order valence-corrected chi connectivity index (χ2v) is 7.28. The van der Waals surface area contributed by atoms with Crippen molar-refractivity contribution in [3.05, 3.63) is 28.6 Å². The van der Waals surface area contributed by atoms with E-state index in [1.807, 2.05) is 30.5 Å². The Balaban J connectivity index is 1.81. The first kappa shape index (κ1) is 17.6. The monoisotopic (exact) mass is 344 g/mol. The maximum Gasteiger partial charge on any atom is 0.227 e. The average molecular weight is 344 g/mol. The number of nitrogens with one attached hydrogen (secondary N) is 1. The fourth-order valence-electron chi connectivity index (χ4n) is 3.54. The molecule has 0 unspecified atom stereocenters. The van der Waals surface area contributed by atoms with Gasteiger partial charge in [-0.1, -0.05) is 13.8 Å². The standard InChI is InChI=1S/C18H28N6O/c1-11(2)17-19-18(21-20-17)15-8-6-7-9-24(15)16(25)10-14-12(3)22-23(5)13(14)4/h11,15H,6-10H2,1-5H3,(H,19,20,21)/t15-/m0/s1. The lowest BCUT2D eigenvalue weighted by molar-refractivity contribution is -0.134. The summed E-state index contributed by atoms with van der Waals surface area (Å²) >= 11 is 0. The van der Waals surface area contributed by atoms with Gasteiger partial charge in [0.2, 0.25) is 5.91 Å². The number of hydrogen-bond acceptors (Lipinski definition) is 4. The number of carbonyl (C=O) groups is 1. The molecule has 1 atom stereocenters. The smallest absolute Gasteiger partial charge is 0.227 e. The first-order chi connectivity index (χ1) is 11.9. The minimum atomic E-state index is -0.00136. The molecule has 2 aromatic rings. The molecule has 0 saturated carbocycles. The summed E-state index contributed by atoms with van der Waals surface area (Å²) in [5.41, 5.74) is 3.03. The van der Waals surface area contributed by atoms with Crippen LogP contribution in [0.2, 0.25) is 0 Å². The molecule has 1 aliphatic rings. The fourth-order valence-corrected chi connectivity index (χ4v) is 3.54. The highest BCUT2D eigenvalue weighted by atomic mass is 16.2. The molecule has 1 aliphatic heterocycles. The fraction of sp³-hybridized carbons (Fsp3) is 0.667. The Morgan fingerprint density at radius 1 is 1.32 bits per heavy atom. The van der Waals surface area contributed by atoms with Gasteiger partial charge < -0.3 is 4.90 Å². The van der Waals surface area contributed by atoms with E-state index in [1.54, 1.807) is 0 Å². The molecule has 3 heterocycles. The lowest BCUT2D eigenvalue weighted by Gasteiger charge is -2.34. The second kappa shape index (κ2) is 6.98. The molecule has 7 heteroatoms. The molecule has 1 amide bonds. The van der Waals surface area contributed by atoms with E-state index in [9.17, 15) is 4.79 Å². The Hall–Kier alpha value is -2.18. The van der Waals surface area contributed by atoms with Crippen molar-refractivity contribution in [2.75, 3.05) is 6.54 Å². The molecular formula is C18H28N6O. The van der Waals surface area contributed by atoms with Crippen LogP contribution >= 0.6 is 0 Å². The summed E-state index contributed by atoms with van der Waals surface area (Å²) in [6.45, 7) is 8.91. The van der Waals surface area contributed by atoms with E-state index < -0.39 is 0 Å². The molecule has 0 aromatic carbocycles. The zero-order valence-corrected chi connectivity index (χ0v) is 15.8. The number of aryl methyl sites for hydroxylation is 2. The Morgan fingerprint density at radius 3 is 2.68 bits per heavy atom. The van der Waals surface area contributed by atoms with Crippen molar-refractivity contribution in [3.8, 4) is 0 Å². The third-order valence-electron chi connectivity index (χ3n) is 5.16. The highest BCUT2D eigenvalue weighted by Gasteiger charge is 2.31. The van der Waals surface area contributed by atoms with Crippen LogP contribution in [0.25, 0.3) is 0 Å². The zero-order chi connectivity index (χ0) is 18.1. The Kier molecular flexibility index (Phi) is 4.92. The van der Waals surface area contributed by atoms with Crippen LogP contribution in [-0.2, 0) is 18.3 Å². The van der Waals surface area contributed by atoms with Crippen LogP contribution in [0.5, 0.6) is 0 Å². The van der Waals surface area contributed by atoms with Crippen molar-refractivity contribution < 1.29 is 4.79 Å². The Labute approximate surface area is 148 Å². The van der Waals surface area contributed by atoms with Crippen LogP contribution in [0.1, 0.15) is 73.7 Å². The van der Waals surface area contributed by atoms with Gasteiger partial charge in [0, 0.05) is 30.8 Å². The number of piperidine rings is 1. The van der Waals surface area contributed by atoms with Gasteiger partial charge in [0.25, 0.3) is 0 Å². The summed E-state index contributed by atoms with van der Waals surface area (Å²) in [5.74, 6) is 2.05. The van der Waals surface area contributed by atoms with Gasteiger partial charge in [-0.25, -0.2) is 4.98 Å². The highest BCUT2D eigenvalue weighted by Crippen LogP contribution is 2.30. The van der Waals surface area contributed by atoms with E-state index in [0.29, 0.717) is 6.42 Å². The summed E-state index contributed by atoms with van der Waals surface area (Å²) in [7, 11) is 1.92. The van der Waals surface area contributed by atoms with E-state index in [0.717, 1.165) is 54.4 Å². The molecule has 3 rings (SSSR count). The number of hydrogen-bond donors (Lipinski definition) is 1. The predicted molar refractivity (Wildman–Crippen MR) is 95.2 cm³/mol. The van der Waals surface area contributed by atoms with Crippen molar-refractivity contribution >= 4 is 5.91 Å². The number of likely N-dealkylation sites (tertiary alicyclic amines) is 1. The Bertz CT molecular complexity index is 760. The van der Waals surface area contributed by atoms with E-state index in [2.05, 4.69) is 34.1 Å². The van der Waals surface area contributed by atoms with Crippen molar-refractivity contribution in [2.45, 2.75) is 65.3 Å². The molecule has 0 spiro atoms. The van der Waals surface area contributed by atoms with Gasteiger partial charge in [-0.15, -0.1) is 0 Å². The van der Waals surface area contributed by atoms with Crippen molar-refractivity contribution in [1.82, 2.24) is 29.9 Å². The number of aromatic amines is 1. The number of aromatic nitrogens is 5. The lowest BCUT2D eigenvalue weighted by atomic mass is 9.99. The minimum absolute atomic E-state index is 0.00136. The van der Waals surface area contributed by atoms with Crippen molar-refractivity contribution in [2.24, 2.45) is 7.05 Å². The van der Waals surface area contributed by atoms with Gasteiger partial charge in [0.05, 0.1) is 18.2 Å². The molecule has 0 bridgehead atoms. The molecule has 136 valence electrons. The molecule has 25 heavy (non-hydrogen) atoms. The van der Waals surface area contributed by atoms with Gasteiger partial charge >= 0.3 is 0 Å². The van der Waals surface area contributed by atoms with Gasteiger partial charge in [-0.05, 0) is 33.1 Å². The largest absolute Gasteiger partial charge is 0.332 e. The first-order valence-corrected chi connectivity index (χ1v) is 9.09. The van der Waals surface area contributed by atoms with E-state index >= 15 is 0 Å². The number of carbonyl (C=O) groups excluding carboxylic acids is 1. The normalized spacial score (nSPS) is 18.2. The van der Waals surface area contributed by atoms with Crippen molar-refractivity contribution in [1.29, 1.82) is 0 Å². The Morgan fingerprint density at radius 2 is 2.08 bits per heavy atom. The second-order valence-electron chi connectivity index (χ2n) is 7.28. The SMILES string of the molecule is Cc1nn(C)c(C)c1CC(=O)N1CCCC[C@H]1c1nc(C(C)C)n[nH]1. The lowest BCUT2D eigenvalue weighted by Crippen LogP contribution is -2.40. The topological polar surface area (TPSA) is 79.7 Å². The first-order valence-electron chi connectivity index (χ1n) is 9.09. The average Bonchev–Trinajstić information content (AvgIpc) is 3.16. The number of rotatable bonds is 4. The molecule has 0 aliphatic carbocycles. The number of nitrogens with zero attached hydrogens (tertiary/aromatic N) is 5. The van der Waals surface area contributed by atoms with Gasteiger partial charge in [-0.2, -0.15) is 10.2 Å². The van der Waals surface area contributed by atoms with Gasteiger partial charge in [0.1, 0.15) is 5.82 Å². The molecule has 1 saturated heterocycles. The van der Waals surface area contributed by atoms with Crippen LogP contribution in [-0.4, -0.2) is 42.3 Å². The molecule has 1 N–H and O–H groups in total. The molecule has 7 nitrogen and oxygen atoms in total. The molecule has 0 radical (unpaired) electrons. The third-order valence-corrected chi connectivity index (χ3v) is 5.16. The van der Waals surface area contributed by atoms with Gasteiger partial charge in [0.15, 0.2) is 5.82 Å². The van der Waals surface area contributed by atoms with Crippen LogP contribution < -0.4 is 0 Å². The summed E-state index contributed by atoms with van der Waals surface area (Å²) in [5, 5.41) is 11.8. The summed E-state index contributed by atoms with van der Waals surface area (Å²) < 4.78 is 1.84. The van der Waals surface area contributed by atoms with Crippen LogP contribution in [0.4, 0.5) is 0 Å². The molecule has 2 aromatic heterocycles. The van der Waals surface area contributed by atoms with Crippen LogP contribution in [0.3, 0.4) is 0 Å². The van der Waals surface area contributed by atoms with E-state index in [4.69, 9.17) is 0 Å². The number of H-pyrrole nitrogens is 1. The minimum Gasteiger partial charge on any atom is -0.332 e. The maximum atomic E-state index is 13.0. The third kappa shape index (κ3) is 3.45. The highest BCUT2D eigenvalue weighted by molar-refractivity contribution is 5.79. The predicted octanol–water partition coefficient (Wildman–Crippen LogP) is 2.57. The maximum absolute atomic E-state index is 13.0. The summed E-state index contributed by atoms with van der Waals surface area (Å²) in [4.78, 5) is 19.6. The quantitative estimate of drug-likeness (QED) is 0.924. The number of amides is 1. The van der Waals surface area contributed by atoms with E-state index in [1.165, 1.54) is 0 Å².